The highest BCUT2D eigenvalue weighted by atomic mass is 32.2. The SMILES string of the molecule is Cc1ccc(SCCNC(=O)CCc2cnn(C)c2)cc1C. The molecule has 0 aliphatic heterocycles. The average Bonchev–Trinajstić information content (AvgIpc) is 2.91. The maximum Gasteiger partial charge on any atom is 0.220 e. The third kappa shape index (κ3) is 5.22. The van der Waals surface area contributed by atoms with E-state index in [9.17, 15) is 4.79 Å². The number of carbonyl (C=O) groups is 1. The van der Waals surface area contributed by atoms with Gasteiger partial charge in [0, 0.05) is 36.9 Å². The van der Waals surface area contributed by atoms with Crippen LogP contribution in [0.1, 0.15) is 23.1 Å². The second-order valence-corrected chi connectivity index (χ2v) is 6.64. The molecular formula is C17H23N3OS. The van der Waals surface area contributed by atoms with Gasteiger partial charge >= 0.3 is 0 Å². The summed E-state index contributed by atoms with van der Waals surface area (Å²) in [7, 11) is 1.88. The second-order valence-electron chi connectivity index (χ2n) is 5.47. The summed E-state index contributed by atoms with van der Waals surface area (Å²) in [5.74, 6) is 0.991. The van der Waals surface area contributed by atoms with E-state index in [0.29, 0.717) is 13.0 Å². The number of hydrogen-bond acceptors (Lipinski definition) is 3. The predicted molar refractivity (Wildman–Crippen MR) is 91.2 cm³/mol. The molecule has 118 valence electrons. The van der Waals surface area contributed by atoms with Gasteiger partial charge in [0.2, 0.25) is 5.91 Å². The van der Waals surface area contributed by atoms with Gasteiger partial charge in [0.25, 0.3) is 0 Å². The molecule has 5 heteroatoms. The Bertz CT molecular complexity index is 637. The molecule has 0 unspecified atom stereocenters. The lowest BCUT2D eigenvalue weighted by Crippen LogP contribution is -2.25. The van der Waals surface area contributed by atoms with Crippen molar-refractivity contribution in [3.8, 4) is 0 Å². The molecular weight excluding hydrogens is 294 g/mol. The quantitative estimate of drug-likeness (QED) is 0.631. The Morgan fingerprint density at radius 3 is 2.82 bits per heavy atom. The van der Waals surface area contributed by atoms with Gasteiger partial charge in [-0.25, -0.2) is 0 Å². The highest BCUT2D eigenvalue weighted by Crippen LogP contribution is 2.20. The van der Waals surface area contributed by atoms with Gasteiger partial charge in [-0.05, 0) is 49.1 Å². The fourth-order valence-corrected chi connectivity index (χ4v) is 2.97. The molecule has 0 aliphatic rings. The number of nitrogens with one attached hydrogen (secondary N) is 1. The zero-order valence-corrected chi connectivity index (χ0v) is 14.2. The largest absolute Gasteiger partial charge is 0.355 e. The van der Waals surface area contributed by atoms with Crippen molar-refractivity contribution in [3.63, 3.8) is 0 Å². The first-order valence-electron chi connectivity index (χ1n) is 7.49. The van der Waals surface area contributed by atoms with Crippen molar-refractivity contribution >= 4 is 17.7 Å². The van der Waals surface area contributed by atoms with E-state index in [4.69, 9.17) is 0 Å². The normalized spacial score (nSPS) is 10.7. The third-order valence-electron chi connectivity index (χ3n) is 3.57. The fraction of sp³-hybridized carbons (Fsp3) is 0.412. The molecule has 0 bridgehead atoms. The van der Waals surface area contributed by atoms with Crippen LogP contribution in [0.15, 0.2) is 35.5 Å². The minimum absolute atomic E-state index is 0.101. The standard InChI is InChI=1S/C17H23N3OS/c1-13-4-6-16(10-14(13)2)22-9-8-18-17(21)7-5-15-11-19-20(3)12-15/h4,6,10-12H,5,7-9H2,1-3H3,(H,18,21). The number of amides is 1. The van der Waals surface area contributed by atoms with E-state index < -0.39 is 0 Å². The average molecular weight is 317 g/mol. The number of aryl methyl sites for hydroxylation is 4. The zero-order chi connectivity index (χ0) is 15.9. The minimum atomic E-state index is 0.101. The molecule has 2 rings (SSSR count). The summed E-state index contributed by atoms with van der Waals surface area (Å²) in [5.41, 5.74) is 3.72. The first kappa shape index (κ1) is 16.6. The summed E-state index contributed by atoms with van der Waals surface area (Å²) < 4.78 is 1.76. The lowest BCUT2D eigenvalue weighted by Gasteiger charge is -2.06. The number of thioether (sulfide) groups is 1. The topological polar surface area (TPSA) is 46.9 Å². The molecule has 2 aromatic rings. The summed E-state index contributed by atoms with van der Waals surface area (Å²) in [6, 6.07) is 6.48. The molecule has 4 nitrogen and oxygen atoms in total. The van der Waals surface area contributed by atoms with Gasteiger partial charge in [0.1, 0.15) is 0 Å². The Morgan fingerprint density at radius 1 is 1.32 bits per heavy atom. The van der Waals surface area contributed by atoms with E-state index in [1.807, 2.05) is 19.4 Å². The zero-order valence-electron chi connectivity index (χ0n) is 13.4. The van der Waals surface area contributed by atoms with E-state index >= 15 is 0 Å². The van der Waals surface area contributed by atoms with Gasteiger partial charge in [-0.2, -0.15) is 5.10 Å². The first-order valence-corrected chi connectivity index (χ1v) is 8.47. The van der Waals surface area contributed by atoms with Crippen LogP contribution in [0, 0.1) is 13.8 Å². The van der Waals surface area contributed by atoms with Crippen LogP contribution in [-0.4, -0.2) is 28.0 Å². The summed E-state index contributed by atoms with van der Waals surface area (Å²) in [4.78, 5) is 13.0. The van der Waals surface area contributed by atoms with Gasteiger partial charge in [-0.15, -0.1) is 11.8 Å². The Balaban J connectivity index is 1.63. The monoisotopic (exact) mass is 317 g/mol. The van der Waals surface area contributed by atoms with Gasteiger partial charge < -0.3 is 5.32 Å². The van der Waals surface area contributed by atoms with Crippen molar-refractivity contribution in [2.75, 3.05) is 12.3 Å². The fourth-order valence-electron chi connectivity index (χ4n) is 2.11. The molecule has 1 amide bonds. The van der Waals surface area contributed by atoms with Crippen LogP contribution < -0.4 is 5.32 Å². The van der Waals surface area contributed by atoms with Crippen LogP contribution in [0.5, 0.6) is 0 Å². The van der Waals surface area contributed by atoms with Crippen LogP contribution in [0.3, 0.4) is 0 Å². The molecule has 1 aromatic carbocycles. The van der Waals surface area contributed by atoms with Crippen LogP contribution in [0.25, 0.3) is 0 Å². The molecule has 1 aromatic heterocycles. The molecule has 0 atom stereocenters. The van der Waals surface area contributed by atoms with E-state index in [1.54, 1.807) is 16.4 Å². The number of rotatable bonds is 7. The molecule has 0 radical (unpaired) electrons. The lowest BCUT2D eigenvalue weighted by molar-refractivity contribution is -0.120. The number of hydrogen-bond donors (Lipinski definition) is 1. The van der Waals surface area contributed by atoms with E-state index in [0.717, 1.165) is 17.7 Å². The van der Waals surface area contributed by atoms with E-state index in [-0.39, 0.29) is 5.91 Å². The van der Waals surface area contributed by atoms with E-state index in [1.165, 1.54) is 16.0 Å². The molecule has 0 spiro atoms. The van der Waals surface area contributed by atoms with Crippen molar-refractivity contribution in [1.29, 1.82) is 0 Å². The minimum Gasteiger partial charge on any atom is -0.355 e. The second kappa shape index (κ2) is 8.03. The molecule has 0 fully saturated rings. The van der Waals surface area contributed by atoms with Gasteiger partial charge in [-0.1, -0.05) is 6.07 Å². The predicted octanol–water partition coefficient (Wildman–Crippen LogP) is 2.88. The third-order valence-corrected chi connectivity index (χ3v) is 4.57. The smallest absolute Gasteiger partial charge is 0.220 e. The molecule has 22 heavy (non-hydrogen) atoms. The number of carbonyl (C=O) groups excluding carboxylic acids is 1. The van der Waals surface area contributed by atoms with Crippen LogP contribution >= 0.6 is 11.8 Å². The van der Waals surface area contributed by atoms with E-state index in [2.05, 4.69) is 42.5 Å². The lowest BCUT2D eigenvalue weighted by atomic mass is 10.1. The maximum atomic E-state index is 11.8. The maximum absolute atomic E-state index is 11.8. The Kier molecular flexibility index (Phi) is 6.07. The van der Waals surface area contributed by atoms with Crippen LogP contribution in [0.4, 0.5) is 0 Å². The van der Waals surface area contributed by atoms with Crippen molar-refractivity contribution in [2.24, 2.45) is 7.05 Å². The number of nitrogens with zero attached hydrogens (tertiary/aromatic N) is 2. The summed E-state index contributed by atoms with van der Waals surface area (Å²) in [6.45, 7) is 4.94. The summed E-state index contributed by atoms with van der Waals surface area (Å²) in [5, 5.41) is 7.07. The Morgan fingerprint density at radius 2 is 2.14 bits per heavy atom. The van der Waals surface area contributed by atoms with Crippen molar-refractivity contribution < 1.29 is 4.79 Å². The molecule has 0 saturated carbocycles. The highest BCUT2D eigenvalue weighted by molar-refractivity contribution is 7.99. The van der Waals surface area contributed by atoms with Crippen molar-refractivity contribution in [2.45, 2.75) is 31.6 Å². The van der Waals surface area contributed by atoms with Crippen LogP contribution in [-0.2, 0) is 18.3 Å². The molecule has 1 N–H and O–H groups in total. The number of aromatic nitrogens is 2. The summed E-state index contributed by atoms with van der Waals surface area (Å²) in [6.07, 6.45) is 5.01. The molecule has 0 aliphatic carbocycles. The molecule has 1 heterocycles. The molecule has 0 saturated heterocycles. The first-order chi connectivity index (χ1) is 10.5. The summed E-state index contributed by atoms with van der Waals surface area (Å²) >= 11 is 1.78. The van der Waals surface area contributed by atoms with Gasteiger partial charge in [0.15, 0.2) is 0 Å². The Hall–Kier alpha value is -1.75. The van der Waals surface area contributed by atoms with Crippen LogP contribution in [0.2, 0.25) is 0 Å². The number of benzene rings is 1. The highest BCUT2D eigenvalue weighted by Gasteiger charge is 2.03. The van der Waals surface area contributed by atoms with Gasteiger partial charge in [-0.3, -0.25) is 9.48 Å². The van der Waals surface area contributed by atoms with Crippen molar-refractivity contribution in [1.82, 2.24) is 15.1 Å². The van der Waals surface area contributed by atoms with Crippen molar-refractivity contribution in [3.05, 3.63) is 47.3 Å². The van der Waals surface area contributed by atoms with Gasteiger partial charge in [0.05, 0.1) is 6.20 Å². The Labute approximate surface area is 136 Å².